The first-order chi connectivity index (χ1) is 33.9. The summed E-state index contributed by atoms with van der Waals surface area (Å²) in [5.41, 5.74) is 6.94. The predicted molar refractivity (Wildman–Crippen MR) is 262 cm³/mol. The van der Waals surface area contributed by atoms with Crippen LogP contribution >= 0.6 is 0 Å². The molecule has 0 heterocycles. The van der Waals surface area contributed by atoms with Gasteiger partial charge in [0.25, 0.3) is 0 Å². The molecule has 0 unspecified atom stereocenters. The fourth-order valence-electron chi connectivity index (χ4n) is 7.87. The zero-order valence-electron chi connectivity index (χ0n) is 42.2. The normalized spacial score (nSPS) is 10.8. The number of rotatable bonds is 27. The molecule has 0 aliphatic rings. The standard InChI is InChI=1S/C56H66O15/c1-9-45(57)14-10-18-53(63)70-55-41(32-39-26-35(2)22-24-46(39)68-51(61)19-11-15-48(58)65-6)28-37(4)30-43(55)34-44-31-38(5)29-42(56(44)71-54(64)21-13-17-50(60)67-8)33-40-27-36(3)23-25-47(40)69-52(62)20-12-16-49(59)66-7/h22-31H,9-21,32-34H2,1-8H3. The highest BCUT2D eigenvalue weighted by Gasteiger charge is 2.24. The van der Waals surface area contributed by atoms with E-state index in [1.165, 1.54) is 21.3 Å². The van der Waals surface area contributed by atoms with E-state index in [4.69, 9.17) is 33.2 Å². The van der Waals surface area contributed by atoms with Gasteiger partial charge in [-0.2, -0.15) is 0 Å². The molecule has 0 radical (unpaired) electrons. The van der Waals surface area contributed by atoms with Gasteiger partial charge in [0, 0.05) is 77.0 Å². The van der Waals surface area contributed by atoms with Crippen molar-refractivity contribution < 1.29 is 71.5 Å². The maximum Gasteiger partial charge on any atom is 0.311 e. The van der Waals surface area contributed by atoms with Crippen LogP contribution in [0.15, 0.2) is 60.7 Å². The van der Waals surface area contributed by atoms with Crippen LogP contribution in [0.2, 0.25) is 0 Å². The van der Waals surface area contributed by atoms with Crippen LogP contribution in [0.4, 0.5) is 0 Å². The Kier molecular flexibility index (Phi) is 22.6. The summed E-state index contributed by atoms with van der Waals surface area (Å²) in [6.45, 7) is 9.35. The van der Waals surface area contributed by atoms with E-state index in [0.29, 0.717) is 45.6 Å². The Balaban J connectivity index is 1.84. The monoisotopic (exact) mass is 978 g/mol. The lowest BCUT2D eigenvalue weighted by Gasteiger charge is -2.21. The van der Waals surface area contributed by atoms with Crippen molar-refractivity contribution in [2.24, 2.45) is 0 Å². The van der Waals surface area contributed by atoms with Crippen LogP contribution in [0.25, 0.3) is 0 Å². The molecule has 0 saturated carbocycles. The molecular weight excluding hydrogens is 913 g/mol. The van der Waals surface area contributed by atoms with Crippen LogP contribution in [0.1, 0.15) is 146 Å². The van der Waals surface area contributed by atoms with E-state index in [1.807, 2.05) is 76.2 Å². The number of ketones is 1. The van der Waals surface area contributed by atoms with E-state index in [1.54, 1.807) is 19.1 Å². The van der Waals surface area contributed by atoms with E-state index in [-0.39, 0.29) is 119 Å². The number of carbonyl (C=O) groups is 8. The molecule has 15 heteroatoms. The average Bonchev–Trinajstić information content (AvgIpc) is 3.32. The minimum Gasteiger partial charge on any atom is -0.469 e. The summed E-state index contributed by atoms with van der Waals surface area (Å²) < 4.78 is 38.4. The molecule has 4 aromatic carbocycles. The van der Waals surface area contributed by atoms with Gasteiger partial charge in [-0.25, -0.2) is 0 Å². The Labute approximate surface area is 415 Å². The molecule has 0 saturated heterocycles. The molecule has 15 nitrogen and oxygen atoms in total. The van der Waals surface area contributed by atoms with E-state index >= 15 is 0 Å². The second kappa shape index (κ2) is 28.5. The molecular formula is C56H66O15. The molecule has 4 aromatic rings. The average molecular weight is 979 g/mol. The quantitative estimate of drug-likeness (QED) is 0.0310. The molecule has 0 aromatic heterocycles. The minimum atomic E-state index is -0.605. The molecule has 380 valence electrons. The lowest BCUT2D eigenvalue weighted by molar-refractivity contribution is -0.142. The number of benzene rings is 4. The summed E-state index contributed by atoms with van der Waals surface area (Å²) in [6, 6.07) is 18.3. The number of ether oxygens (including phenoxy) is 7. The van der Waals surface area contributed by atoms with Gasteiger partial charge in [0.15, 0.2) is 0 Å². The Bertz CT molecular complexity index is 2400. The zero-order valence-corrected chi connectivity index (χ0v) is 42.2. The number of aryl methyl sites for hydroxylation is 4. The molecule has 0 amide bonds. The van der Waals surface area contributed by atoms with Crippen molar-refractivity contribution in [3.63, 3.8) is 0 Å². The summed E-state index contributed by atoms with van der Waals surface area (Å²) in [7, 11) is 3.83. The summed E-state index contributed by atoms with van der Waals surface area (Å²) in [6.07, 6.45) is 1.84. The first kappa shape index (κ1) is 56.4. The Morgan fingerprint density at radius 3 is 0.958 bits per heavy atom. The highest BCUT2D eigenvalue weighted by Crippen LogP contribution is 2.38. The van der Waals surface area contributed by atoms with Crippen LogP contribution < -0.4 is 18.9 Å². The van der Waals surface area contributed by atoms with E-state index in [9.17, 15) is 38.4 Å². The van der Waals surface area contributed by atoms with Gasteiger partial charge in [0.05, 0.1) is 21.3 Å². The molecule has 0 N–H and O–H groups in total. The third-order valence-electron chi connectivity index (χ3n) is 11.4. The van der Waals surface area contributed by atoms with Crippen molar-refractivity contribution in [3.05, 3.63) is 116 Å². The van der Waals surface area contributed by atoms with Gasteiger partial charge in [-0.3, -0.25) is 38.4 Å². The fraction of sp³-hybridized carbons (Fsp3) is 0.429. The van der Waals surface area contributed by atoms with Crippen molar-refractivity contribution in [3.8, 4) is 23.0 Å². The minimum absolute atomic E-state index is 0.00150. The maximum atomic E-state index is 13.8. The van der Waals surface area contributed by atoms with Crippen LogP contribution in [0.5, 0.6) is 23.0 Å². The van der Waals surface area contributed by atoms with E-state index in [0.717, 1.165) is 22.3 Å². The molecule has 0 fully saturated rings. The topological polar surface area (TPSA) is 201 Å². The smallest absolute Gasteiger partial charge is 0.311 e. The highest BCUT2D eigenvalue weighted by atomic mass is 16.6. The Morgan fingerprint density at radius 2 is 0.634 bits per heavy atom. The summed E-state index contributed by atoms with van der Waals surface area (Å²) >= 11 is 0. The van der Waals surface area contributed by atoms with Gasteiger partial charge in [-0.15, -0.1) is 0 Å². The number of carbonyl (C=O) groups excluding carboxylic acids is 8. The molecule has 0 spiro atoms. The number of esters is 7. The summed E-state index contributed by atoms with van der Waals surface area (Å²) in [4.78, 5) is 101. The van der Waals surface area contributed by atoms with Gasteiger partial charge in [0.2, 0.25) is 0 Å². The van der Waals surface area contributed by atoms with E-state index < -0.39 is 41.8 Å². The first-order valence-corrected chi connectivity index (χ1v) is 23.9. The van der Waals surface area contributed by atoms with Crippen molar-refractivity contribution in [2.75, 3.05) is 21.3 Å². The molecule has 0 atom stereocenters. The largest absolute Gasteiger partial charge is 0.469 e. The van der Waals surface area contributed by atoms with Gasteiger partial charge in [0.1, 0.15) is 28.8 Å². The predicted octanol–water partition coefficient (Wildman–Crippen LogP) is 9.49. The second-order valence-electron chi connectivity index (χ2n) is 17.5. The molecule has 4 rings (SSSR count). The number of methoxy groups -OCH3 is 3. The van der Waals surface area contributed by atoms with Gasteiger partial charge in [-0.05, 0) is 98.9 Å². The molecule has 71 heavy (non-hydrogen) atoms. The lowest BCUT2D eigenvalue weighted by atomic mass is 9.91. The van der Waals surface area contributed by atoms with Crippen molar-refractivity contribution >= 4 is 47.6 Å². The van der Waals surface area contributed by atoms with Gasteiger partial charge in [-0.1, -0.05) is 77.7 Å². The fourth-order valence-corrected chi connectivity index (χ4v) is 7.87. The SMILES string of the molecule is CCC(=O)CCCC(=O)Oc1c(Cc2cc(C)ccc2OC(=O)CCCC(=O)OC)cc(C)cc1Cc1cc(C)cc(Cc2cc(C)ccc2OC(=O)CCCC(=O)OC)c1OC(=O)CCCC(=O)OC. The van der Waals surface area contributed by atoms with Crippen LogP contribution in [0.3, 0.4) is 0 Å². The van der Waals surface area contributed by atoms with Crippen LogP contribution in [-0.2, 0) is 71.8 Å². The van der Waals surface area contributed by atoms with Crippen molar-refractivity contribution in [1.29, 1.82) is 0 Å². The number of hydrogen-bond acceptors (Lipinski definition) is 15. The molecule has 0 aliphatic carbocycles. The summed E-state index contributed by atoms with van der Waals surface area (Å²) in [5, 5.41) is 0. The van der Waals surface area contributed by atoms with Gasteiger partial charge < -0.3 is 33.2 Å². The number of hydrogen-bond donors (Lipinski definition) is 0. The third-order valence-corrected chi connectivity index (χ3v) is 11.4. The maximum absolute atomic E-state index is 13.8. The number of Topliss-reactive ketones (excluding diaryl/α,β-unsaturated/α-hetero) is 1. The van der Waals surface area contributed by atoms with Crippen molar-refractivity contribution in [1.82, 2.24) is 0 Å². The molecule has 0 aliphatic heterocycles. The second-order valence-corrected chi connectivity index (χ2v) is 17.5. The van der Waals surface area contributed by atoms with E-state index in [2.05, 4.69) is 0 Å². The Hall–Kier alpha value is -7.16. The van der Waals surface area contributed by atoms with Crippen molar-refractivity contribution in [2.45, 2.75) is 137 Å². The summed E-state index contributed by atoms with van der Waals surface area (Å²) in [5.74, 6) is -2.49. The van der Waals surface area contributed by atoms with Crippen LogP contribution in [-0.4, -0.2) is 68.9 Å². The Morgan fingerprint density at radius 1 is 0.352 bits per heavy atom. The first-order valence-electron chi connectivity index (χ1n) is 23.9. The molecule has 0 bridgehead atoms. The van der Waals surface area contributed by atoms with Crippen LogP contribution in [0, 0.1) is 27.7 Å². The highest BCUT2D eigenvalue weighted by molar-refractivity contribution is 5.80. The van der Waals surface area contributed by atoms with Gasteiger partial charge >= 0.3 is 41.8 Å². The zero-order chi connectivity index (χ0) is 52.0. The third kappa shape index (κ3) is 18.9. The lowest BCUT2D eigenvalue weighted by Crippen LogP contribution is -2.15.